The molecule has 0 saturated heterocycles. The van der Waals surface area contributed by atoms with Gasteiger partial charge in [0.05, 0.1) is 21.3 Å². The summed E-state index contributed by atoms with van der Waals surface area (Å²) < 4.78 is 23.7. The molecule has 8 nitrogen and oxygen atoms in total. The molecule has 2 N–H and O–H groups in total. The second-order valence-corrected chi connectivity index (χ2v) is 12.0. The molecule has 4 aromatic rings. The molecule has 6 rings (SSSR count). The minimum absolute atomic E-state index is 0.0334. The maximum atomic E-state index is 11.6. The smallest absolute Gasteiger partial charge is 0.201 e. The molecule has 0 amide bonds. The number of aromatic hydroxyl groups is 2. The molecule has 0 fully saturated rings. The van der Waals surface area contributed by atoms with Crippen molar-refractivity contribution in [3.63, 3.8) is 0 Å². The third-order valence-corrected chi connectivity index (χ3v) is 9.38. The Balaban J connectivity index is 1.42. The molecule has 0 aromatic heterocycles. The van der Waals surface area contributed by atoms with Gasteiger partial charge in [-0.2, -0.15) is 0 Å². The van der Waals surface area contributed by atoms with Crippen LogP contribution in [0.4, 0.5) is 0 Å². The number of fused-ring (bicyclic) bond motifs is 2. The highest BCUT2D eigenvalue weighted by molar-refractivity contribution is 5.63. The van der Waals surface area contributed by atoms with E-state index in [1.807, 2.05) is 30.3 Å². The fourth-order valence-electron chi connectivity index (χ4n) is 6.74. The van der Waals surface area contributed by atoms with Crippen LogP contribution in [-0.2, 0) is 25.7 Å². The summed E-state index contributed by atoms with van der Waals surface area (Å²) in [7, 11) is 9.15. The molecule has 2 unspecified atom stereocenters. The van der Waals surface area contributed by atoms with Gasteiger partial charge in [-0.15, -0.1) is 0 Å². The first-order chi connectivity index (χ1) is 21.8. The van der Waals surface area contributed by atoms with Crippen LogP contribution in [0.15, 0.2) is 66.7 Å². The quantitative estimate of drug-likeness (QED) is 0.224. The number of ether oxygens (including phenoxy) is 4. The van der Waals surface area contributed by atoms with Crippen LogP contribution < -0.4 is 18.9 Å². The standard InChI is InChI=1S/C37H42N2O6/c1-38-16-14-25-20-32(43-4)33(22-29(25)30(38)18-24-8-12-28(42-3)13-9-24)45-37-35-26(21-34(44-5)36(37)41)15-17-39(2)31(35)19-23-6-10-27(40)11-7-23/h6-13,20-22,30-31,40-41H,14-19H2,1-5H3. The number of hydrogen-bond acceptors (Lipinski definition) is 8. The van der Waals surface area contributed by atoms with E-state index >= 15 is 0 Å². The number of benzene rings is 4. The van der Waals surface area contributed by atoms with Crippen LogP contribution in [0.1, 0.15) is 45.5 Å². The number of nitrogens with zero attached hydrogens (tertiary/aromatic N) is 2. The summed E-state index contributed by atoms with van der Waals surface area (Å²) in [4.78, 5) is 4.67. The lowest BCUT2D eigenvalue weighted by atomic mass is 9.87. The summed E-state index contributed by atoms with van der Waals surface area (Å²) >= 11 is 0. The fourth-order valence-corrected chi connectivity index (χ4v) is 6.74. The van der Waals surface area contributed by atoms with Crippen LogP contribution in [0.25, 0.3) is 0 Å². The van der Waals surface area contributed by atoms with E-state index in [1.165, 1.54) is 16.7 Å². The van der Waals surface area contributed by atoms with E-state index in [-0.39, 0.29) is 23.6 Å². The first kappa shape index (κ1) is 30.6. The van der Waals surface area contributed by atoms with Gasteiger partial charge < -0.3 is 29.2 Å². The lowest BCUT2D eigenvalue weighted by molar-refractivity contribution is 0.220. The average Bonchev–Trinajstić information content (AvgIpc) is 3.05. The molecule has 45 heavy (non-hydrogen) atoms. The van der Waals surface area contributed by atoms with Crippen molar-refractivity contribution in [2.45, 2.75) is 37.8 Å². The van der Waals surface area contributed by atoms with Crippen molar-refractivity contribution in [1.29, 1.82) is 0 Å². The monoisotopic (exact) mass is 610 g/mol. The molecular weight excluding hydrogens is 568 g/mol. The Morgan fingerprint density at radius 2 is 1.24 bits per heavy atom. The number of methoxy groups -OCH3 is 3. The van der Waals surface area contributed by atoms with Gasteiger partial charge in [0.25, 0.3) is 0 Å². The first-order valence-corrected chi connectivity index (χ1v) is 15.4. The fraction of sp³-hybridized carbons (Fsp3) is 0.351. The Kier molecular flexibility index (Phi) is 8.79. The molecule has 0 radical (unpaired) electrons. The summed E-state index contributed by atoms with van der Waals surface area (Å²) in [6.45, 7) is 1.79. The second kappa shape index (κ2) is 12.9. The van der Waals surface area contributed by atoms with Gasteiger partial charge in [0.15, 0.2) is 23.0 Å². The molecule has 0 saturated carbocycles. The summed E-state index contributed by atoms with van der Waals surface area (Å²) in [6.07, 6.45) is 3.21. The van der Waals surface area contributed by atoms with Gasteiger partial charge in [-0.25, -0.2) is 0 Å². The Labute approximate surface area is 265 Å². The minimum atomic E-state index is -0.0670. The zero-order valence-corrected chi connectivity index (χ0v) is 26.7. The van der Waals surface area contributed by atoms with Crippen LogP contribution >= 0.6 is 0 Å². The molecule has 0 bridgehead atoms. The Morgan fingerprint density at radius 3 is 1.89 bits per heavy atom. The summed E-state index contributed by atoms with van der Waals surface area (Å²) in [5, 5.41) is 21.4. The highest BCUT2D eigenvalue weighted by atomic mass is 16.5. The largest absolute Gasteiger partial charge is 0.508 e. The Hall–Kier alpha value is -4.40. The van der Waals surface area contributed by atoms with Crippen molar-refractivity contribution in [3.8, 4) is 40.2 Å². The molecule has 2 atom stereocenters. The number of hydrogen-bond donors (Lipinski definition) is 2. The predicted octanol–water partition coefficient (Wildman–Crippen LogP) is 6.46. The molecule has 0 spiro atoms. The topological polar surface area (TPSA) is 83.9 Å². The van der Waals surface area contributed by atoms with Crippen LogP contribution in [-0.4, -0.2) is 68.5 Å². The summed E-state index contributed by atoms with van der Waals surface area (Å²) in [5.41, 5.74) is 6.73. The van der Waals surface area contributed by atoms with Gasteiger partial charge in [-0.3, -0.25) is 9.80 Å². The van der Waals surface area contributed by atoms with Crippen LogP contribution in [0.3, 0.4) is 0 Å². The summed E-state index contributed by atoms with van der Waals surface area (Å²) in [6, 6.07) is 21.7. The van der Waals surface area contributed by atoms with Crippen molar-refractivity contribution in [1.82, 2.24) is 9.80 Å². The molecule has 2 heterocycles. The van der Waals surface area contributed by atoms with Gasteiger partial charge in [0.2, 0.25) is 5.75 Å². The SMILES string of the molecule is COc1ccc(CC2c3cc(Oc4c(O)c(OC)cc5c4C(Cc4ccc(O)cc4)N(C)CC5)c(OC)cc3CCN2C)cc1. The van der Waals surface area contributed by atoms with Gasteiger partial charge in [-0.05, 0) is 110 Å². The lowest BCUT2D eigenvalue weighted by Gasteiger charge is -2.37. The number of rotatable bonds is 9. The van der Waals surface area contributed by atoms with E-state index in [0.717, 1.165) is 54.8 Å². The maximum Gasteiger partial charge on any atom is 0.201 e. The third kappa shape index (κ3) is 6.13. The number of likely N-dealkylation sites (N-methyl/N-ethyl adjacent to an activating group) is 2. The normalized spacial score (nSPS) is 18.2. The van der Waals surface area contributed by atoms with Gasteiger partial charge in [0.1, 0.15) is 11.5 Å². The van der Waals surface area contributed by atoms with Crippen molar-refractivity contribution < 1.29 is 29.2 Å². The second-order valence-electron chi connectivity index (χ2n) is 12.0. The third-order valence-electron chi connectivity index (χ3n) is 9.38. The van der Waals surface area contributed by atoms with E-state index in [1.54, 1.807) is 33.5 Å². The molecule has 2 aliphatic rings. The van der Waals surface area contributed by atoms with Crippen LogP contribution in [0.5, 0.6) is 40.2 Å². The average molecular weight is 611 g/mol. The molecule has 2 aliphatic heterocycles. The van der Waals surface area contributed by atoms with Crippen molar-refractivity contribution in [2.75, 3.05) is 48.5 Å². The predicted molar refractivity (Wildman–Crippen MR) is 174 cm³/mol. The molecule has 4 aromatic carbocycles. The first-order valence-electron chi connectivity index (χ1n) is 15.4. The van der Waals surface area contributed by atoms with E-state index in [9.17, 15) is 10.2 Å². The minimum Gasteiger partial charge on any atom is -0.508 e. The van der Waals surface area contributed by atoms with Gasteiger partial charge >= 0.3 is 0 Å². The van der Waals surface area contributed by atoms with Crippen molar-refractivity contribution in [3.05, 3.63) is 100 Å². The van der Waals surface area contributed by atoms with Gasteiger partial charge in [0, 0.05) is 30.7 Å². The van der Waals surface area contributed by atoms with Crippen molar-refractivity contribution >= 4 is 0 Å². The highest BCUT2D eigenvalue weighted by Gasteiger charge is 2.34. The van der Waals surface area contributed by atoms with Crippen LogP contribution in [0, 0.1) is 0 Å². The maximum absolute atomic E-state index is 11.6. The molecule has 0 aliphatic carbocycles. The van der Waals surface area contributed by atoms with Crippen molar-refractivity contribution in [2.24, 2.45) is 0 Å². The zero-order valence-electron chi connectivity index (χ0n) is 26.7. The molecule has 236 valence electrons. The molecular formula is C37H42N2O6. The van der Waals surface area contributed by atoms with Crippen LogP contribution in [0.2, 0.25) is 0 Å². The Morgan fingerprint density at radius 1 is 0.667 bits per heavy atom. The zero-order chi connectivity index (χ0) is 31.7. The summed E-state index contributed by atoms with van der Waals surface area (Å²) in [5.74, 6) is 2.98. The Bertz CT molecular complexity index is 1650. The number of phenolic OH excluding ortho intramolecular Hbond substituents is 2. The highest BCUT2D eigenvalue weighted by Crippen LogP contribution is 2.51. The van der Waals surface area contributed by atoms with E-state index in [2.05, 4.69) is 48.2 Å². The number of phenols is 2. The lowest BCUT2D eigenvalue weighted by Crippen LogP contribution is -2.34. The van der Waals surface area contributed by atoms with E-state index in [0.29, 0.717) is 29.4 Å². The molecule has 8 heteroatoms. The van der Waals surface area contributed by atoms with Gasteiger partial charge in [-0.1, -0.05) is 24.3 Å². The van der Waals surface area contributed by atoms with E-state index in [4.69, 9.17) is 18.9 Å². The van der Waals surface area contributed by atoms with E-state index < -0.39 is 0 Å².